The highest BCUT2D eigenvalue weighted by molar-refractivity contribution is 5.17. The SMILES string of the molecule is Fc1cccc(CC(F)C2CCCCN2)c1. The molecule has 1 aliphatic rings. The van der Waals surface area contributed by atoms with Crippen LogP contribution in [-0.4, -0.2) is 18.8 Å². The Morgan fingerprint density at radius 3 is 2.94 bits per heavy atom. The van der Waals surface area contributed by atoms with Crippen LogP contribution < -0.4 is 5.32 Å². The molecular formula is C13H17F2N. The lowest BCUT2D eigenvalue weighted by Crippen LogP contribution is -2.42. The topological polar surface area (TPSA) is 12.0 Å². The fraction of sp³-hybridized carbons (Fsp3) is 0.538. The van der Waals surface area contributed by atoms with Crippen molar-refractivity contribution in [2.75, 3.05) is 6.54 Å². The quantitative estimate of drug-likeness (QED) is 0.834. The van der Waals surface area contributed by atoms with Crippen LogP contribution in [0.3, 0.4) is 0 Å². The zero-order chi connectivity index (χ0) is 11.4. The van der Waals surface area contributed by atoms with Crippen molar-refractivity contribution in [2.24, 2.45) is 0 Å². The third-order valence-corrected chi connectivity index (χ3v) is 3.10. The van der Waals surface area contributed by atoms with E-state index in [1.807, 2.05) is 0 Å². The monoisotopic (exact) mass is 225 g/mol. The summed E-state index contributed by atoms with van der Waals surface area (Å²) in [7, 11) is 0. The fourth-order valence-electron chi connectivity index (χ4n) is 2.22. The van der Waals surface area contributed by atoms with Gasteiger partial charge in [-0.05, 0) is 37.1 Å². The van der Waals surface area contributed by atoms with Crippen molar-refractivity contribution >= 4 is 0 Å². The third-order valence-electron chi connectivity index (χ3n) is 3.10. The van der Waals surface area contributed by atoms with Crippen molar-refractivity contribution in [1.82, 2.24) is 5.32 Å². The molecule has 1 aromatic rings. The molecule has 1 fully saturated rings. The minimum atomic E-state index is -0.915. The Bertz CT molecular complexity index is 334. The fourth-order valence-corrected chi connectivity index (χ4v) is 2.22. The summed E-state index contributed by atoms with van der Waals surface area (Å²) in [6.07, 6.45) is 2.48. The standard InChI is InChI=1S/C13H17F2N/c14-11-5-3-4-10(8-11)9-12(15)13-6-1-2-7-16-13/h3-5,8,12-13,16H,1-2,6-7,9H2. The normalized spacial score (nSPS) is 23.0. The van der Waals surface area contributed by atoms with Crippen LogP contribution in [0.2, 0.25) is 0 Å². The maximum absolute atomic E-state index is 13.9. The molecule has 0 aliphatic carbocycles. The highest BCUT2D eigenvalue weighted by Gasteiger charge is 2.22. The highest BCUT2D eigenvalue weighted by atomic mass is 19.1. The van der Waals surface area contributed by atoms with Gasteiger partial charge < -0.3 is 5.32 Å². The van der Waals surface area contributed by atoms with Crippen molar-refractivity contribution in [1.29, 1.82) is 0 Å². The van der Waals surface area contributed by atoms with E-state index in [9.17, 15) is 8.78 Å². The van der Waals surface area contributed by atoms with Gasteiger partial charge in [-0.3, -0.25) is 0 Å². The minimum absolute atomic E-state index is 0.0583. The van der Waals surface area contributed by atoms with Gasteiger partial charge >= 0.3 is 0 Å². The Morgan fingerprint density at radius 1 is 1.38 bits per heavy atom. The van der Waals surface area contributed by atoms with E-state index in [-0.39, 0.29) is 11.9 Å². The van der Waals surface area contributed by atoms with Crippen molar-refractivity contribution in [2.45, 2.75) is 37.9 Å². The second kappa shape index (κ2) is 5.39. The van der Waals surface area contributed by atoms with Crippen LogP contribution in [0.4, 0.5) is 8.78 Å². The summed E-state index contributed by atoms with van der Waals surface area (Å²) in [5.41, 5.74) is 0.736. The number of hydrogen-bond donors (Lipinski definition) is 1. The Morgan fingerprint density at radius 2 is 2.25 bits per heavy atom. The second-order valence-corrected chi connectivity index (χ2v) is 4.41. The summed E-state index contributed by atoms with van der Waals surface area (Å²) in [6.45, 7) is 0.897. The summed E-state index contributed by atoms with van der Waals surface area (Å²) in [4.78, 5) is 0. The number of halogens is 2. The molecule has 0 bridgehead atoms. The lowest BCUT2D eigenvalue weighted by Gasteiger charge is -2.26. The molecule has 16 heavy (non-hydrogen) atoms. The first-order valence-corrected chi connectivity index (χ1v) is 5.87. The molecule has 2 rings (SSSR count). The Labute approximate surface area is 94.9 Å². The first kappa shape index (κ1) is 11.5. The second-order valence-electron chi connectivity index (χ2n) is 4.41. The van der Waals surface area contributed by atoms with Crippen LogP contribution in [0.25, 0.3) is 0 Å². The van der Waals surface area contributed by atoms with Gasteiger partial charge in [-0.25, -0.2) is 8.78 Å². The number of benzene rings is 1. The van der Waals surface area contributed by atoms with Gasteiger partial charge in [0.05, 0.1) is 0 Å². The maximum Gasteiger partial charge on any atom is 0.123 e. The summed E-state index contributed by atoms with van der Waals surface area (Å²) >= 11 is 0. The van der Waals surface area contributed by atoms with Gasteiger partial charge in [0.15, 0.2) is 0 Å². The average Bonchev–Trinajstić information content (AvgIpc) is 2.30. The van der Waals surface area contributed by atoms with Gasteiger partial charge in [0.1, 0.15) is 12.0 Å². The molecule has 2 atom stereocenters. The first-order valence-electron chi connectivity index (χ1n) is 5.87. The zero-order valence-electron chi connectivity index (χ0n) is 9.26. The number of nitrogens with one attached hydrogen (secondary N) is 1. The number of alkyl halides is 1. The molecule has 1 heterocycles. The highest BCUT2D eigenvalue weighted by Crippen LogP contribution is 2.17. The molecule has 1 saturated heterocycles. The van der Waals surface area contributed by atoms with Gasteiger partial charge in [0.25, 0.3) is 0 Å². The van der Waals surface area contributed by atoms with Crippen molar-refractivity contribution in [3.05, 3.63) is 35.6 Å². The molecule has 0 radical (unpaired) electrons. The van der Waals surface area contributed by atoms with Gasteiger partial charge in [-0.1, -0.05) is 18.6 Å². The molecule has 88 valence electrons. The summed E-state index contributed by atoms with van der Waals surface area (Å²) in [5.74, 6) is -0.290. The first-order chi connectivity index (χ1) is 7.75. The van der Waals surface area contributed by atoms with Crippen molar-refractivity contribution in [3.8, 4) is 0 Å². The summed E-state index contributed by atoms with van der Waals surface area (Å²) < 4.78 is 26.8. The number of hydrogen-bond acceptors (Lipinski definition) is 1. The Hall–Kier alpha value is -0.960. The van der Waals surface area contributed by atoms with Crippen molar-refractivity contribution in [3.63, 3.8) is 0 Å². The van der Waals surface area contributed by atoms with E-state index in [0.29, 0.717) is 6.42 Å². The summed E-state index contributed by atoms with van der Waals surface area (Å²) in [6, 6.07) is 6.15. The van der Waals surface area contributed by atoms with Gasteiger partial charge in [0.2, 0.25) is 0 Å². The van der Waals surface area contributed by atoms with Crippen LogP contribution in [0.15, 0.2) is 24.3 Å². The molecule has 0 aromatic heterocycles. The van der Waals surface area contributed by atoms with Crippen LogP contribution in [-0.2, 0) is 6.42 Å². The zero-order valence-corrected chi connectivity index (χ0v) is 9.26. The van der Waals surface area contributed by atoms with Crippen molar-refractivity contribution < 1.29 is 8.78 Å². The molecule has 0 amide bonds. The molecular weight excluding hydrogens is 208 g/mol. The predicted octanol–water partition coefficient (Wildman–Crippen LogP) is 2.85. The molecule has 0 spiro atoms. The molecule has 2 unspecified atom stereocenters. The van der Waals surface area contributed by atoms with E-state index >= 15 is 0 Å². The van der Waals surface area contributed by atoms with E-state index < -0.39 is 6.17 Å². The largest absolute Gasteiger partial charge is 0.311 e. The van der Waals surface area contributed by atoms with Crippen LogP contribution >= 0.6 is 0 Å². The lowest BCUT2D eigenvalue weighted by molar-refractivity contribution is 0.217. The van der Waals surface area contributed by atoms with Crippen LogP contribution in [0, 0.1) is 5.82 Å². The van der Waals surface area contributed by atoms with Crippen LogP contribution in [0.5, 0.6) is 0 Å². The molecule has 3 heteroatoms. The van der Waals surface area contributed by atoms with E-state index in [1.165, 1.54) is 12.1 Å². The van der Waals surface area contributed by atoms with E-state index in [1.54, 1.807) is 12.1 Å². The molecule has 1 N–H and O–H groups in total. The van der Waals surface area contributed by atoms with E-state index in [0.717, 1.165) is 31.4 Å². The van der Waals surface area contributed by atoms with E-state index in [2.05, 4.69) is 5.32 Å². The average molecular weight is 225 g/mol. The predicted molar refractivity (Wildman–Crippen MR) is 60.6 cm³/mol. The van der Waals surface area contributed by atoms with Gasteiger partial charge in [-0.15, -0.1) is 0 Å². The van der Waals surface area contributed by atoms with Gasteiger partial charge in [0, 0.05) is 12.5 Å². The Kier molecular flexibility index (Phi) is 3.88. The maximum atomic E-state index is 13.9. The third kappa shape index (κ3) is 3.01. The van der Waals surface area contributed by atoms with E-state index in [4.69, 9.17) is 0 Å². The smallest absolute Gasteiger partial charge is 0.123 e. The Balaban J connectivity index is 1.93. The van der Waals surface area contributed by atoms with Crippen LogP contribution in [0.1, 0.15) is 24.8 Å². The molecule has 1 aromatic carbocycles. The summed E-state index contributed by atoms with van der Waals surface area (Å²) in [5, 5.41) is 3.18. The lowest BCUT2D eigenvalue weighted by atomic mass is 9.96. The molecule has 0 saturated carbocycles. The number of piperidine rings is 1. The molecule has 1 aliphatic heterocycles. The number of rotatable bonds is 3. The van der Waals surface area contributed by atoms with Gasteiger partial charge in [-0.2, -0.15) is 0 Å². The minimum Gasteiger partial charge on any atom is -0.311 e. The molecule has 1 nitrogen and oxygen atoms in total.